The lowest BCUT2D eigenvalue weighted by molar-refractivity contribution is -0.143. The second-order valence-electron chi connectivity index (χ2n) is 5.37. The number of hydroxylamine groups is 2. The Morgan fingerprint density at radius 2 is 1.36 bits per heavy atom. The van der Waals surface area contributed by atoms with Crippen LogP contribution in [0.25, 0.3) is 0 Å². The van der Waals surface area contributed by atoms with Gasteiger partial charge < -0.3 is 24.1 Å². The number of hydrogen-bond acceptors (Lipinski definition) is 7. The third-order valence-electron chi connectivity index (χ3n) is 2.14. The molecule has 0 radical (unpaired) electrons. The Bertz CT molecular complexity index is 281. The molecule has 22 heavy (non-hydrogen) atoms. The van der Waals surface area contributed by atoms with Crippen molar-refractivity contribution in [2.45, 2.75) is 26.4 Å². The number of aliphatic hydroxyl groups is 1. The van der Waals surface area contributed by atoms with Crippen molar-refractivity contribution in [3.63, 3.8) is 0 Å². The van der Waals surface area contributed by atoms with E-state index in [0.29, 0.717) is 39.6 Å². The maximum atomic E-state index is 11.6. The molecular formula is C14H29NO7. The van der Waals surface area contributed by atoms with Crippen molar-refractivity contribution < 1.29 is 33.7 Å². The maximum absolute atomic E-state index is 11.6. The highest BCUT2D eigenvalue weighted by atomic mass is 16.7. The van der Waals surface area contributed by atoms with Crippen LogP contribution in [0.4, 0.5) is 4.79 Å². The van der Waals surface area contributed by atoms with E-state index in [1.807, 2.05) is 0 Å². The molecule has 0 heterocycles. The normalized spacial score (nSPS) is 11.5. The van der Waals surface area contributed by atoms with Gasteiger partial charge in [0.05, 0.1) is 52.9 Å². The van der Waals surface area contributed by atoms with Gasteiger partial charge in [-0.25, -0.2) is 4.79 Å². The zero-order valence-electron chi connectivity index (χ0n) is 14.0. The van der Waals surface area contributed by atoms with Crippen LogP contribution in [-0.2, 0) is 23.8 Å². The number of carbonyl (C=O) groups is 1. The van der Waals surface area contributed by atoms with Gasteiger partial charge in [0.2, 0.25) is 0 Å². The van der Waals surface area contributed by atoms with E-state index in [9.17, 15) is 4.79 Å². The number of amides is 1. The van der Waals surface area contributed by atoms with Gasteiger partial charge in [-0.2, -0.15) is 5.06 Å². The summed E-state index contributed by atoms with van der Waals surface area (Å²) in [7, 11) is 1.49. The Balaban J connectivity index is 3.37. The number of nitrogens with zero attached hydrogens (tertiary/aromatic N) is 1. The molecule has 0 aromatic carbocycles. The number of hydrogen-bond donors (Lipinski definition) is 1. The van der Waals surface area contributed by atoms with Crippen molar-refractivity contribution >= 4 is 6.09 Å². The van der Waals surface area contributed by atoms with E-state index < -0.39 is 11.7 Å². The lowest BCUT2D eigenvalue weighted by atomic mass is 10.2. The van der Waals surface area contributed by atoms with Crippen LogP contribution < -0.4 is 0 Å². The Labute approximate surface area is 132 Å². The fourth-order valence-electron chi connectivity index (χ4n) is 1.22. The average molecular weight is 323 g/mol. The molecule has 0 fully saturated rings. The molecule has 1 N–H and O–H groups in total. The molecular weight excluding hydrogens is 294 g/mol. The molecule has 0 aromatic rings. The summed E-state index contributed by atoms with van der Waals surface area (Å²) < 4.78 is 20.7. The lowest BCUT2D eigenvalue weighted by Gasteiger charge is -2.23. The SMILES string of the molecule is CN(OCCOCCOCCOCCO)C(=O)OC(C)(C)C. The van der Waals surface area contributed by atoms with Gasteiger partial charge in [-0.3, -0.25) is 4.84 Å². The summed E-state index contributed by atoms with van der Waals surface area (Å²) in [4.78, 5) is 16.7. The van der Waals surface area contributed by atoms with E-state index in [2.05, 4.69) is 0 Å². The summed E-state index contributed by atoms with van der Waals surface area (Å²) in [5.74, 6) is 0. The van der Waals surface area contributed by atoms with Crippen molar-refractivity contribution in [3.05, 3.63) is 0 Å². The summed E-state index contributed by atoms with van der Waals surface area (Å²) in [6.07, 6.45) is -0.543. The molecule has 8 nitrogen and oxygen atoms in total. The molecule has 0 aliphatic rings. The van der Waals surface area contributed by atoms with E-state index in [1.54, 1.807) is 20.8 Å². The second-order valence-corrected chi connectivity index (χ2v) is 5.37. The topological polar surface area (TPSA) is 86.7 Å². The van der Waals surface area contributed by atoms with Gasteiger partial charge in [-0.1, -0.05) is 0 Å². The first-order chi connectivity index (χ1) is 10.4. The van der Waals surface area contributed by atoms with Gasteiger partial charge >= 0.3 is 6.09 Å². The van der Waals surface area contributed by atoms with Crippen LogP contribution in [0.1, 0.15) is 20.8 Å². The van der Waals surface area contributed by atoms with Gasteiger partial charge in [0.1, 0.15) is 5.60 Å². The Morgan fingerprint density at radius 3 is 1.82 bits per heavy atom. The molecule has 1 amide bonds. The van der Waals surface area contributed by atoms with E-state index in [4.69, 9.17) is 28.9 Å². The first-order valence-corrected chi connectivity index (χ1v) is 7.30. The monoisotopic (exact) mass is 323 g/mol. The van der Waals surface area contributed by atoms with Gasteiger partial charge in [0.15, 0.2) is 0 Å². The Kier molecular flexibility index (Phi) is 12.1. The molecule has 0 rings (SSSR count). The van der Waals surface area contributed by atoms with Gasteiger partial charge in [-0.15, -0.1) is 0 Å². The summed E-state index contributed by atoms with van der Waals surface area (Å²) >= 11 is 0. The van der Waals surface area contributed by atoms with Gasteiger partial charge in [0, 0.05) is 7.05 Å². The van der Waals surface area contributed by atoms with Crippen LogP contribution in [0.5, 0.6) is 0 Å². The molecule has 0 aliphatic heterocycles. The highest BCUT2D eigenvalue weighted by Crippen LogP contribution is 2.09. The highest BCUT2D eigenvalue weighted by molar-refractivity contribution is 5.66. The summed E-state index contributed by atoms with van der Waals surface area (Å²) in [5.41, 5.74) is -0.552. The molecule has 0 bridgehead atoms. The van der Waals surface area contributed by atoms with Crippen molar-refractivity contribution in [1.29, 1.82) is 0 Å². The molecule has 0 aliphatic carbocycles. The average Bonchev–Trinajstić information content (AvgIpc) is 2.42. The second kappa shape index (κ2) is 12.6. The summed E-state index contributed by atoms with van der Waals surface area (Å²) in [6.45, 7) is 8.08. The summed E-state index contributed by atoms with van der Waals surface area (Å²) in [5, 5.41) is 9.53. The smallest absolute Gasteiger partial charge is 0.434 e. The lowest BCUT2D eigenvalue weighted by Crippen LogP contribution is -2.35. The molecule has 0 saturated carbocycles. The maximum Gasteiger partial charge on any atom is 0.434 e. The van der Waals surface area contributed by atoms with E-state index in [0.717, 1.165) is 5.06 Å². The first-order valence-electron chi connectivity index (χ1n) is 7.30. The van der Waals surface area contributed by atoms with Gasteiger partial charge in [0.25, 0.3) is 0 Å². The summed E-state index contributed by atoms with van der Waals surface area (Å²) in [6, 6.07) is 0. The highest BCUT2D eigenvalue weighted by Gasteiger charge is 2.19. The quantitative estimate of drug-likeness (QED) is 0.420. The zero-order valence-corrected chi connectivity index (χ0v) is 14.0. The molecule has 0 atom stereocenters. The van der Waals surface area contributed by atoms with Crippen molar-refractivity contribution in [1.82, 2.24) is 5.06 Å². The molecule has 132 valence electrons. The minimum absolute atomic E-state index is 0.0147. The third kappa shape index (κ3) is 14.0. The fraction of sp³-hybridized carbons (Fsp3) is 0.929. The largest absolute Gasteiger partial charge is 0.442 e. The minimum Gasteiger partial charge on any atom is -0.442 e. The first kappa shape index (κ1) is 21.1. The Hall–Kier alpha value is -0.930. The van der Waals surface area contributed by atoms with Crippen LogP contribution in [0, 0.1) is 0 Å². The molecule has 8 heteroatoms. The van der Waals surface area contributed by atoms with Crippen molar-refractivity contribution in [2.75, 3.05) is 59.9 Å². The predicted octanol–water partition coefficient (Wildman–Crippen LogP) is 0.827. The standard InChI is InChI=1S/C14H29NO7/c1-14(2,3)22-13(17)15(4)21-12-11-20-10-9-19-8-7-18-6-5-16/h16H,5-12H2,1-4H3. The van der Waals surface area contributed by atoms with Crippen LogP contribution in [0.2, 0.25) is 0 Å². The molecule has 0 saturated heterocycles. The van der Waals surface area contributed by atoms with Crippen LogP contribution >= 0.6 is 0 Å². The number of ether oxygens (including phenoxy) is 4. The number of aliphatic hydroxyl groups excluding tert-OH is 1. The molecule has 0 spiro atoms. The van der Waals surface area contributed by atoms with E-state index in [1.165, 1.54) is 7.05 Å². The van der Waals surface area contributed by atoms with Crippen molar-refractivity contribution in [3.8, 4) is 0 Å². The Morgan fingerprint density at radius 1 is 0.909 bits per heavy atom. The molecule has 0 unspecified atom stereocenters. The third-order valence-corrected chi connectivity index (χ3v) is 2.14. The van der Waals surface area contributed by atoms with Crippen molar-refractivity contribution in [2.24, 2.45) is 0 Å². The fourth-order valence-corrected chi connectivity index (χ4v) is 1.22. The van der Waals surface area contributed by atoms with Crippen LogP contribution in [0.15, 0.2) is 0 Å². The van der Waals surface area contributed by atoms with Gasteiger partial charge in [-0.05, 0) is 20.8 Å². The number of carbonyl (C=O) groups excluding carboxylic acids is 1. The number of rotatable bonds is 12. The minimum atomic E-state index is -0.552. The predicted molar refractivity (Wildman–Crippen MR) is 79.5 cm³/mol. The van der Waals surface area contributed by atoms with E-state index >= 15 is 0 Å². The van der Waals surface area contributed by atoms with Crippen LogP contribution in [0.3, 0.4) is 0 Å². The van der Waals surface area contributed by atoms with Crippen LogP contribution in [-0.4, -0.2) is 81.8 Å². The van der Waals surface area contributed by atoms with E-state index in [-0.39, 0.29) is 13.2 Å². The molecule has 0 aromatic heterocycles. The zero-order chi connectivity index (χ0) is 16.8.